The first-order valence-corrected chi connectivity index (χ1v) is 10.8. The van der Waals surface area contributed by atoms with Gasteiger partial charge in [0.25, 0.3) is 11.7 Å². The van der Waals surface area contributed by atoms with E-state index in [4.69, 9.17) is 10.00 Å². The molecule has 1 fully saturated rings. The van der Waals surface area contributed by atoms with Crippen LogP contribution in [0.2, 0.25) is 0 Å². The summed E-state index contributed by atoms with van der Waals surface area (Å²) in [6, 6.07) is 16.1. The predicted molar refractivity (Wildman–Crippen MR) is 127 cm³/mol. The van der Waals surface area contributed by atoms with E-state index in [1.54, 1.807) is 67.0 Å². The largest absolute Gasteiger partial charge is 0.507 e. The molecule has 1 aliphatic rings. The molecule has 0 bridgehead atoms. The maximum absolute atomic E-state index is 13.2. The van der Waals surface area contributed by atoms with Gasteiger partial charge in [-0.1, -0.05) is 6.07 Å². The first-order valence-electron chi connectivity index (χ1n) is 10.8. The van der Waals surface area contributed by atoms with Gasteiger partial charge in [0.05, 0.1) is 29.4 Å². The third-order valence-electron chi connectivity index (χ3n) is 5.53. The van der Waals surface area contributed by atoms with Crippen molar-refractivity contribution >= 4 is 23.1 Å². The highest BCUT2D eigenvalue weighted by Gasteiger charge is 2.47. The van der Waals surface area contributed by atoms with Gasteiger partial charge in [-0.3, -0.25) is 19.5 Å². The summed E-state index contributed by atoms with van der Waals surface area (Å²) in [5.41, 5.74) is 2.60. The zero-order valence-electron chi connectivity index (χ0n) is 19.0. The summed E-state index contributed by atoms with van der Waals surface area (Å²) < 4.78 is 5.77. The average molecular weight is 453 g/mol. The van der Waals surface area contributed by atoms with Crippen LogP contribution in [0.1, 0.15) is 42.1 Å². The topological polar surface area (TPSA) is 104 Å². The SMILES string of the molecule is Cc1cc(/C(O)=C2/C(=O)C(=O)N(c3ccc(C#N)cc3)C2c2cccnc2)ccc1OC(C)C. The molecule has 1 unspecified atom stereocenters. The second kappa shape index (κ2) is 9.20. The quantitative estimate of drug-likeness (QED) is 0.342. The summed E-state index contributed by atoms with van der Waals surface area (Å²) in [6.07, 6.45) is 3.14. The molecular weight excluding hydrogens is 430 g/mol. The molecule has 0 spiro atoms. The Morgan fingerprint density at radius 2 is 1.88 bits per heavy atom. The second-order valence-electron chi connectivity index (χ2n) is 8.26. The molecule has 0 radical (unpaired) electrons. The zero-order chi connectivity index (χ0) is 24.4. The number of amides is 1. The van der Waals surface area contributed by atoms with Crippen molar-refractivity contribution in [2.45, 2.75) is 32.9 Å². The number of hydrogen-bond acceptors (Lipinski definition) is 6. The molecule has 1 atom stereocenters. The van der Waals surface area contributed by atoms with E-state index >= 15 is 0 Å². The van der Waals surface area contributed by atoms with Crippen LogP contribution in [-0.4, -0.2) is 27.9 Å². The van der Waals surface area contributed by atoms with Crippen molar-refractivity contribution in [2.24, 2.45) is 0 Å². The molecule has 7 heteroatoms. The number of ether oxygens (including phenoxy) is 1. The van der Waals surface area contributed by atoms with Crippen LogP contribution in [0.15, 0.2) is 72.6 Å². The van der Waals surface area contributed by atoms with Gasteiger partial charge in [0.2, 0.25) is 0 Å². The highest BCUT2D eigenvalue weighted by molar-refractivity contribution is 6.51. The minimum Gasteiger partial charge on any atom is -0.507 e. The van der Waals surface area contributed by atoms with Crippen molar-refractivity contribution in [2.75, 3.05) is 4.90 Å². The van der Waals surface area contributed by atoms with Crippen molar-refractivity contribution in [3.63, 3.8) is 0 Å². The molecular formula is C27H23N3O4. The normalized spacial score (nSPS) is 17.1. The van der Waals surface area contributed by atoms with E-state index < -0.39 is 17.7 Å². The van der Waals surface area contributed by atoms with Gasteiger partial charge < -0.3 is 9.84 Å². The molecule has 1 aliphatic heterocycles. The van der Waals surface area contributed by atoms with Gasteiger partial charge in [0, 0.05) is 23.6 Å². The molecule has 1 amide bonds. The number of benzene rings is 2. The number of aliphatic hydroxyl groups is 1. The number of carbonyl (C=O) groups excluding carboxylic acids is 2. The fourth-order valence-corrected chi connectivity index (χ4v) is 3.99. The Hall–Kier alpha value is -4.44. The van der Waals surface area contributed by atoms with Crippen LogP contribution in [-0.2, 0) is 9.59 Å². The minimum absolute atomic E-state index is 0.0125. The lowest BCUT2D eigenvalue weighted by Gasteiger charge is -2.25. The molecule has 0 aliphatic carbocycles. The number of nitrogens with zero attached hydrogens (tertiary/aromatic N) is 3. The molecule has 1 saturated heterocycles. The number of hydrogen-bond donors (Lipinski definition) is 1. The highest BCUT2D eigenvalue weighted by atomic mass is 16.5. The van der Waals surface area contributed by atoms with Crippen LogP contribution in [0.4, 0.5) is 5.69 Å². The van der Waals surface area contributed by atoms with Crippen LogP contribution in [0.25, 0.3) is 5.76 Å². The number of anilines is 1. The number of aliphatic hydroxyl groups excluding tert-OH is 1. The van der Waals surface area contributed by atoms with Crippen molar-refractivity contribution in [1.29, 1.82) is 5.26 Å². The molecule has 1 N–H and O–H groups in total. The van der Waals surface area contributed by atoms with Crippen molar-refractivity contribution in [1.82, 2.24) is 4.98 Å². The fourth-order valence-electron chi connectivity index (χ4n) is 3.99. The van der Waals surface area contributed by atoms with Crippen LogP contribution in [0.3, 0.4) is 0 Å². The Kier molecular flexibility index (Phi) is 6.15. The summed E-state index contributed by atoms with van der Waals surface area (Å²) in [6.45, 7) is 5.69. The van der Waals surface area contributed by atoms with Crippen LogP contribution < -0.4 is 9.64 Å². The van der Waals surface area contributed by atoms with E-state index in [0.29, 0.717) is 28.1 Å². The number of carbonyl (C=O) groups is 2. The van der Waals surface area contributed by atoms with Crippen LogP contribution in [0.5, 0.6) is 5.75 Å². The van der Waals surface area contributed by atoms with Crippen molar-refractivity contribution < 1.29 is 19.4 Å². The van der Waals surface area contributed by atoms with E-state index in [1.807, 2.05) is 26.8 Å². The van der Waals surface area contributed by atoms with E-state index in [-0.39, 0.29) is 17.4 Å². The molecule has 4 rings (SSSR count). The Morgan fingerprint density at radius 3 is 2.47 bits per heavy atom. The van der Waals surface area contributed by atoms with Crippen molar-refractivity contribution in [3.05, 3.63) is 94.8 Å². The van der Waals surface area contributed by atoms with Crippen LogP contribution >= 0.6 is 0 Å². The Balaban J connectivity index is 1.87. The molecule has 2 heterocycles. The maximum atomic E-state index is 13.2. The summed E-state index contributed by atoms with van der Waals surface area (Å²) in [5, 5.41) is 20.4. The minimum atomic E-state index is -0.881. The Labute approximate surface area is 197 Å². The zero-order valence-corrected chi connectivity index (χ0v) is 19.0. The molecule has 7 nitrogen and oxygen atoms in total. The summed E-state index contributed by atoms with van der Waals surface area (Å²) in [4.78, 5) is 31.8. The molecule has 34 heavy (non-hydrogen) atoms. The van der Waals surface area contributed by atoms with Gasteiger partial charge in [0.15, 0.2) is 0 Å². The smallest absolute Gasteiger partial charge is 0.300 e. The number of aryl methyl sites for hydroxylation is 1. The van der Waals surface area contributed by atoms with E-state index in [0.717, 1.165) is 5.56 Å². The molecule has 0 saturated carbocycles. The van der Waals surface area contributed by atoms with Gasteiger partial charge >= 0.3 is 0 Å². The lowest BCUT2D eigenvalue weighted by atomic mass is 9.95. The van der Waals surface area contributed by atoms with E-state index in [2.05, 4.69) is 4.98 Å². The highest BCUT2D eigenvalue weighted by Crippen LogP contribution is 2.42. The first kappa shape index (κ1) is 22.7. The van der Waals surface area contributed by atoms with Gasteiger partial charge in [-0.2, -0.15) is 5.26 Å². The number of ketones is 1. The molecule has 3 aromatic rings. The predicted octanol–water partition coefficient (Wildman–Crippen LogP) is 4.68. The Bertz CT molecular complexity index is 1320. The first-order chi connectivity index (χ1) is 16.3. The number of nitriles is 1. The van der Waals surface area contributed by atoms with Gasteiger partial charge in [-0.25, -0.2) is 0 Å². The van der Waals surface area contributed by atoms with Gasteiger partial charge in [-0.15, -0.1) is 0 Å². The molecule has 2 aromatic carbocycles. The Morgan fingerprint density at radius 1 is 1.15 bits per heavy atom. The standard InChI is InChI=1S/C27H23N3O4/c1-16(2)34-22-11-8-19(13-17(22)3)25(31)23-24(20-5-4-12-29-15-20)30(27(33)26(23)32)21-9-6-18(14-28)7-10-21/h4-13,15-16,24,31H,1-3H3/b25-23-. The third-order valence-corrected chi connectivity index (χ3v) is 5.53. The fraction of sp³-hybridized carbons (Fsp3) is 0.185. The third kappa shape index (κ3) is 4.14. The lowest BCUT2D eigenvalue weighted by Crippen LogP contribution is -2.29. The number of Topliss-reactive ketones (excluding diaryl/α,β-unsaturated/α-hetero) is 1. The monoisotopic (exact) mass is 453 g/mol. The maximum Gasteiger partial charge on any atom is 0.300 e. The van der Waals surface area contributed by atoms with Crippen LogP contribution in [0, 0.1) is 18.3 Å². The summed E-state index contributed by atoms with van der Waals surface area (Å²) in [5.74, 6) is -1.16. The average Bonchev–Trinajstić information content (AvgIpc) is 3.10. The van der Waals surface area contributed by atoms with Gasteiger partial charge in [-0.05, 0) is 80.4 Å². The van der Waals surface area contributed by atoms with E-state index in [1.165, 1.54) is 4.90 Å². The van der Waals surface area contributed by atoms with E-state index in [9.17, 15) is 14.7 Å². The lowest BCUT2D eigenvalue weighted by molar-refractivity contribution is -0.132. The summed E-state index contributed by atoms with van der Waals surface area (Å²) in [7, 11) is 0. The molecule has 1 aromatic heterocycles. The van der Waals surface area contributed by atoms with Crippen molar-refractivity contribution in [3.8, 4) is 11.8 Å². The second-order valence-corrected chi connectivity index (χ2v) is 8.26. The summed E-state index contributed by atoms with van der Waals surface area (Å²) >= 11 is 0. The number of pyridine rings is 1. The number of rotatable bonds is 5. The molecule has 170 valence electrons. The van der Waals surface area contributed by atoms with Gasteiger partial charge in [0.1, 0.15) is 11.5 Å². The number of aromatic nitrogens is 1.